The number of hydrogen-bond acceptors (Lipinski definition) is 6. The van der Waals surface area contributed by atoms with Gasteiger partial charge >= 0.3 is 6.01 Å². The summed E-state index contributed by atoms with van der Waals surface area (Å²) in [6, 6.07) is 7.56. The van der Waals surface area contributed by atoms with Gasteiger partial charge in [-0.15, -0.1) is 0 Å². The number of nitrogens with one attached hydrogen (secondary N) is 1. The molecule has 2 aliphatic rings. The first-order chi connectivity index (χ1) is 13.4. The summed E-state index contributed by atoms with van der Waals surface area (Å²) in [5, 5.41) is 3.76. The maximum atomic E-state index is 13.7. The summed E-state index contributed by atoms with van der Waals surface area (Å²) < 4.78 is 33.1. The smallest absolute Gasteiger partial charge is 0.320 e. The predicted octanol–water partition coefficient (Wildman–Crippen LogP) is 3.96. The summed E-state index contributed by atoms with van der Waals surface area (Å²) in [7, 11) is 0. The second-order valence-electron chi connectivity index (χ2n) is 7.32. The van der Waals surface area contributed by atoms with Crippen molar-refractivity contribution in [1.82, 2.24) is 9.97 Å². The Hall–Kier alpha value is -2.35. The number of nitrogens with zero attached hydrogens (tertiary/aromatic N) is 3. The Morgan fingerprint density at radius 1 is 1.29 bits per heavy atom. The Balaban J connectivity index is 1.58. The number of benzene rings is 1. The Kier molecular flexibility index (Phi) is 5.14. The number of nitrogen functional groups attached to an aromatic ring is 1. The number of ether oxygens (including phenoxy) is 1. The monoisotopic (exact) mass is 409 g/mol. The van der Waals surface area contributed by atoms with Gasteiger partial charge in [-0.25, -0.2) is 8.78 Å². The van der Waals surface area contributed by atoms with Gasteiger partial charge in [0.25, 0.3) is 5.92 Å². The third kappa shape index (κ3) is 4.38. The molecule has 0 atom stereocenters. The number of hydrogen-bond donors (Lipinski definition) is 2. The molecule has 2 aromatic rings. The number of halogens is 3. The van der Waals surface area contributed by atoms with E-state index in [0.717, 1.165) is 18.4 Å². The minimum absolute atomic E-state index is 0.146. The molecule has 1 saturated heterocycles. The molecule has 0 unspecified atom stereocenters. The fourth-order valence-electron chi connectivity index (χ4n) is 3.09. The highest BCUT2D eigenvalue weighted by Gasteiger charge is 2.40. The van der Waals surface area contributed by atoms with Gasteiger partial charge in [-0.05, 0) is 30.4 Å². The van der Waals surface area contributed by atoms with Crippen molar-refractivity contribution in [3.63, 3.8) is 0 Å². The number of aromatic nitrogens is 2. The van der Waals surface area contributed by atoms with E-state index in [1.807, 2.05) is 18.2 Å². The summed E-state index contributed by atoms with van der Waals surface area (Å²) in [6.45, 7) is 0.669. The van der Waals surface area contributed by atoms with Crippen molar-refractivity contribution >= 4 is 28.9 Å². The van der Waals surface area contributed by atoms with Gasteiger partial charge < -0.3 is 20.7 Å². The van der Waals surface area contributed by atoms with Crippen LogP contribution in [0.15, 0.2) is 24.3 Å². The largest absolute Gasteiger partial charge is 0.463 e. The molecule has 1 aromatic heterocycles. The van der Waals surface area contributed by atoms with Gasteiger partial charge in [-0.3, -0.25) is 0 Å². The van der Waals surface area contributed by atoms with Crippen LogP contribution in [0, 0.1) is 5.92 Å². The number of anilines is 3. The van der Waals surface area contributed by atoms with E-state index in [1.165, 1.54) is 4.90 Å². The van der Waals surface area contributed by atoms with Crippen LogP contribution in [0.1, 0.15) is 24.8 Å². The van der Waals surface area contributed by atoms with E-state index < -0.39 is 12.5 Å². The van der Waals surface area contributed by atoms with Crippen molar-refractivity contribution in [2.75, 3.05) is 35.6 Å². The van der Waals surface area contributed by atoms with Crippen molar-refractivity contribution in [1.29, 1.82) is 0 Å². The number of rotatable bonds is 7. The quantitative estimate of drug-likeness (QED) is 0.720. The first-order valence-corrected chi connectivity index (χ1v) is 9.69. The van der Waals surface area contributed by atoms with Crippen LogP contribution in [-0.4, -0.2) is 35.6 Å². The molecule has 0 spiro atoms. The molecule has 3 N–H and O–H groups in total. The highest BCUT2D eigenvalue weighted by atomic mass is 35.5. The average Bonchev–Trinajstić information content (AvgIpc) is 3.42. The van der Waals surface area contributed by atoms with Crippen LogP contribution in [-0.2, 0) is 6.54 Å². The fraction of sp³-hybridized carbons (Fsp3) is 0.474. The minimum atomic E-state index is -2.75. The van der Waals surface area contributed by atoms with E-state index in [9.17, 15) is 8.78 Å². The molecule has 0 bridgehead atoms. The van der Waals surface area contributed by atoms with Crippen molar-refractivity contribution in [3.05, 3.63) is 34.9 Å². The first kappa shape index (κ1) is 19.0. The fourth-order valence-corrected chi connectivity index (χ4v) is 3.29. The zero-order chi connectivity index (χ0) is 19.7. The summed E-state index contributed by atoms with van der Waals surface area (Å²) in [5.41, 5.74) is 7.33. The third-order valence-corrected chi connectivity index (χ3v) is 5.29. The van der Waals surface area contributed by atoms with Gasteiger partial charge in [0.2, 0.25) is 0 Å². The lowest BCUT2D eigenvalue weighted by molar-refractivity contribution is 0.0256. The van der Waals surface area contributed by atoms with Gasteiger partial charge in [0, 0.05) is 24.5 Å². The maximum absolute atomic E-state index is 13.7. The standard InChI is InChI=1S/C19H22ClF2N5O/c20-14-4-2-1-3-13(14)9-24-16-15(23)17(27-8-7-19(21,22)11-27)26-18(25-16)28-10-12-5-6-12/h1-4,12H,5-11,23H2,(H,24,25,26). The SMILES string of the molecule is Nc1c(NCc2ccccc2Cl)nc(OCC2CC2)nc1N1CCC(F)(F)C1. The minimum Gasteiger partial charge on any atom is -0.463 e. The molecule has 2 fully saturated rings. The van der Waals surface area contributed by atoms with Crippen LogP contribution in [0.25, 0.3) is 0 Å². The maximum Gasteiger partial charge on any atom is 0.320 e. The van der Waals surface area contributed by atoms with Crippen LogP contribution >= 0.6 is 11.6 Å². The van der Waals surface area contributed by atoms with Gasteiger partial charge in [-0.1, -0.05) is 29.8 Å². The average molecular weight is 410 g/mol. The number of nitrogens with two attached hydrogens (primary N) is 1. The van der Waals surface area contributed by atoms with Gasteiger partial charge in [0.15, 0.2) is 11.6 Å². The lowest BCUT2D eigenvalue weighted by Crippen LogP contribution is -2.27. The normalized spacial score (nSPS) is 18.3. The molecular formula is C19H22ClF2N5O. The van der Waals surface area contributed by atoms with E-state index in [1.54, 1.807) is 6.07 Å². The van der Waals surface area contributed by atoms with Gasteiger partial charge in [0.05, 0.1) is 13.2 Å². The Labute approximate surface area is 167 Å². The molecule has 1 aliphatic heterocycles. The van der Waals surface area contributed by atoms with E-state index in [-0.39, 0.29) is 30.5 Å². The summed E-state index contributed by atoms with van der Waals surface area (Å²) in [4.78, 5) is 10.2. The third-order valence-electron chi connectivity index (χ3n) is 4.92. The molecule has 4 rings (SSSR count). The second kappa shape index (κ2) is 7.58. The topological polar surface area (TPSA) is 76.3 Å². The van der Waals surface area contributed by atoms with Crippen molar-refractivity contribution in [2.45, 2.75) is 31.7 Å². The lowest BCUT2D eigenvalue weighted by atomic mass is 10.2. The van der Waals surface area contributed by atoms with Crippen LogP contribution in [0.3, 0.4) is 0 Å². The van der Waals surface area contributed by atoms with Crippen LogP contribution < -0.4 is 20.7 Å². The summed E-state index contributed by atoms with van der Waals surface area (Å²) >= 11 is 6.20. The highest BCUT2D eigenvalue weighted by Crippen LogP contribution is 2.37. The van der Waals surface area contributed by atoms with Crippen molar-refractivity contribution in [2.24, 2.45) is 5.92 Å². The van der Waals surface area contributed by atoms with Crippen molar-refractivity contribution in [3.8, 4) is 6.01 Å². The Morgan fingerprint density at radius 3 is 2.75 bits per heavy atom. The summed E-state index contributed by atoms with van der Waals surface area (Å²) in [5.74, 6) is -1.61. The van der Waals surface area contributed by atoms with Crippen LogP contribution in [0.2, 0.25) is 5.02 Å². The molecular weight excluding hydrogens is 388 g/mol. The van der Waals surface area contributed by atoms with E-state index in [4.69, 9.17) is 22.1 Å². The molecule has 6 nitrogen and oxygen atoms in total. The summed E-state index contributed by atoms with van der Waals surface area (Å²) in [6.07, 6.45) is 2.02. The molecule has 0 radical (unpaired) electrons. The molecule has 150 valence electrons. The van der Waals surface area contributed by atoms with E-state index in [2.05, 4.69) is 15.3 Å². The van der Waals surface area contributed by atoms with E-state index >= 15 is 0 Å². The molecule has 0 amide bonds. The molecule has 2 heterocycles. The molecule has 1 aromatic carbocycles. The molecule has 9 heteroatoms. The van der Waals surface area contributed by atoms with E-state index in [0.29, 0.717) is 29.9 Å². The lowest BCUT2D eigenvalue weighted by Gasteiger charge is -2.21. The van der Waals surface area contributed by atoms with Crippen molar-refractivity contribution < 1.29 is 13.5 Å². The molecule has 28 heavy (non-hydrogen) atoms. The van der Waals surface area contributed by atoms with Crippen LogP contribution in [0.5, 0.6) is 6.01 Å². The van der Waals surface area contributed by atoms with Gasteiger partial charge in [-0.2, -0.15) is 9.97 Å². The first-order valence-electron chi connectivity index (χ1n) is 9.32. The Bertz CT molecular complexity index is 862. The predicted molar refractivity (Wildman–Crippen MR) is 105 cm³/mol. The second-order valence-corrected chi connectivity index (χ2v) is 7.73. The van der Waals surface area contributed by atoms with Gasteiger partial charge in [0.1, 0.15) is 5.69 Å². The molecule has 1 aliphatic carbocycles. The Morgan fingerprint density at radius 2 is 2.07 bits per heavy atom. The zero-order valence-corrected chi connectivity index (χ0v) is 16.1. The molecule has 1 saturated carbocycles. The van der Waals surface area contributed by atoms with Crippen LogP contribution in [0.4, 0.5) is 26.1 Å². The highest BCUT2D eigenvalue weighted by molar-refractivity contribution is 6.31. The zero-order valence-electron chi connectivity index (χ0n) is 15.3. The number of alkyl halides is 2.